The fourth-order valence-corrected chi connectivity index (χ4v) is 1.13. The van der Waals surface area contributed by atoms with Gasteiger partial charge in [-0.05, 0) is 24.6 Å². The van der Waals surface area contributed by atoms with Gasteiger partial charge in [0.15, 0.2) is 0 Å². The van der Waals surface area contributed by atoms with Crippen LogP contribution in [-0.4, -0.2) is 11.0 Å². The highest BCUT2D eigenvalue weighted by Gasteiger charge is 2.03. The molecule has 1 aromatic rings. The van der Waals surface area contributed by atoms with E-state index in [1.54, 1.807) is 26.0 Å². The summed E-state index contributed by atoms with van der Waals surface area (Å²) in [6.45, 7) is 3.49. The number of nitrogens with one attached hydrogen (secondary N) is 1. The van der Waals surface area contributed by atoms with E-state index < -0.39 is 6.10 Å². The Labute approximate surface area is 83.8 Å². The van der Waals surface area contributed by atoms with Gasteiger partial charge in [0.2, 0.25) is 5.91 Å². The second-order valence-electron chi connectivity index (χ2n) is 3.20. The third-order valence-electron chi connectivity index (χ3n) is 1.97. The zero-order chi connectivity index (χ0) is 10.6. The molecule has 0 aliphatic carbocycles. The minimum Gasteiger partial charge on any atom is -0.389 e. The van der Waals surface area contributed by atoms with Gasteiger partial charge in [-0.15, -0.1) is 0 Å². The Balaban J connectivity index is 2.78. The average Bonchev–Trinajstić information content (AvgIpc) is 2.18. The molecule has 1 aromatic carbocycles. The molecule has 0 heterocycles. The summed E-state index contributed by atoms with van der Waals surface area (Å²) in [5.41, 5.74) is 1.54. The van der Waals surface area contributed by atoms with E-state index in [0.29, 0.717) is 6.42 Å². The van der Waals surface area contributed by atoms with Crippen molar-refractivity contribution >= 4 is 11.6 Å². The topological polar surface area (TPSA) is 49.3 Å². The summed E-state index contributed by atoms with van der Waals surface area (Å²) in [5.74, 6) is -0.0206. The number of aliphatic hydroxyl groups is 1. The quantitative estimate of drug-likeness (QED) is 0.772. The lowest BCUT2D eigenvalue weighted by atomic mass is 10.1. The number of benzene rings is 1. The van der Waals surface area contributed by atoms with Crippen molar-refractivity contribution in [2.45, 2.75) is 26.4 Å². The first-order valence-corrected chi connectivity index (χ1v) is 4.71. The second-order valence-corrected chi connectivity index (χ2v) is 3.20. The summed E-state index contributed by atoms with van der Waals surface area (Å²) in [6.07, 6.45) is -0.0488. The van der Waals surface area contributed by atoms with Gasteiger partial charge in [0.25, 0.3) is 0 Å². The molecule has 3 nitrogen and oxygen atoms in total. The van der Waals surface area contributed by atoms with Gasteiger partial charge in [0, 0.05) is 12.1 Å². The van der Waals surface area contributed by atoms with E-state index in [4.69, 9.17) is 0 Å². The maximum absolute atomic E-state index is 11.1. The summed E-state index contributed by atoms with van der Waals surface area (Å²) in [4.78, 5) is 11.1. The zero-order valence-electron chi connectivity index (χ0n) is 8.45. The predicted octanol–water partition coefficient (Wildman–Crippen LogP) is 2.09. The van der Waals surface area contributed by atoms with Crippen molar-refractivity contribution in [3.8, 4) is 0 Å². The van der Waals surface area contributed by atoms with Crippen LogP contribution in [0.25, 0.3) is 0 Å². The Morgan fingerprint density at radius 2 is 2.29 bits per heavy atom. The van der Waals surface area contributed by atoms with Crippen molar-refractivity contribution in [1.82, 2.24) is 0 Å². The lowest BCUT2D eigenvalue weighted by Gasteiger charge is -2.08. The van der Waals surface area contributed by atoms with E-state index in [1.807, 2.05) is 12.1 Å². The lowest BCUT2D eigenvalue weighted by Crippen LogP contribution is -2.09. The molecule has 0 aliphatic heterocycles. The van der Waals surface area contributed by atoms with Crippen LogP contribution in [0.2, 0.25) is 0 Å². The molecule has 76 valence electrons. The van der Waals surface area contributed by atoms with Gasteiger partial charge in [0.1, 0.15) is 0 Å². The van der Waals surface area contributed by atoms with Crippen LogP contribution in [0, 0.1) is 0 Å². The Hall–Kier alpha value is -1.35. The summed E-state index contributed by atoms with van der Waals surface area (Å²) in [5, 5.41) is 12.1. The summed E-state index contributed by atoms with van der Waals surface area (Å²) < 4.78 is 0. The molecule has 1 atom stereocenters. The summed E-state index contributed by atoms with van der Waals surface area (Å²) in [7, 11) is 0. The van der Waals surface area contributed by atoms with E-state index in [-0.39, 0.29) is 5.91 Å². The smallest absolute Gasteiger partial charge is 0.224 e. The highest BCUT2D eigenvalue weighted by molar-refractivity contribution is 5.90. The van der Waals surface area contributed by atoms with Crippen molar-refractivity contribution in [3.63, 3.8) is 0 Å². The number of carbonyl (C=O) groups is 1. The van der Waals surface area contributed by atoms with E-state index in [0.717, 1.165) is 11.3 Å². The van der Waals surface area contributed by atoms with Crippen LogP contribution in [-0.2, 0) is 4.79 Å². The SMILES string of the molecule is CCC(=O)Nc1cccc([C@@H](C)O)c1. The summed E-state index contributed by atoms with van der Waals surface area (Å²) >= 11 is 0. The van der Waals surface area contributed by atoms with Crippen molar-refractivity contribution in [3.05, 3.63) is 29.8 Å². The molecular formula is C11H15NO2. The minimum absolute atomic E-state index is 0.0206. The number of hydrogen-bond acceptors (Lipinski definition) is 2. The standard InChI is InChI=1S/C11H15NO2/c1-3-11(14)12-10-6-4-5-9(7-10)8(2)13/h4-8,13H,3H2,1-2H3,(H,12,14)/t8-/m1/s1. The minimum atomic E-state index is -0.506. The maximum atomic E-state index is 11.1. The van der Waals surface area contributed by atoms with E-state index in [1.165, 1.54) is 0 Å². The molecule has 0 saturated carbocycles. The molecule has 0 aliphatic rings. The third-order valence-corrected chi connectivity index (χ3v) is 1.97. The maximum Gasteiger partial charge on any atom is 0.224 e. The van der Waals surface area contributed by atoms with Gasteiger partial charge in [-0.1, -0.05) is 19.1 Å². The first-order chi connectivity index (χ1) is 6.63. The number of rotatable bonds is 3. The molecule has 0 unspecified atom stereocenters. The zero-order valence-corrected chi connectivity index (χ0v) is 8.45. The summed E-state index contributed by atoms with van der Waals surface area (Å²) in [6, 6.07) is 7.22. The molecule has 3 heteroatoms. The van der Waals surface area contributed by atoms with Gasteiger partial charge in [0.05, 0.1) is 6.10 Å². The number of aliphatic hydroxyl groups excluding tert-OH is 1. The van der Waals surface area contributed by atoms with Gasteiger partial charge in [-0.25, -0.2) is 0 Å². The monoisotopic (exact) mass is 193 g/mol. The van der Waals surface area contributed by atoms with Gasteiger partial charge in [-0.2, -0.15) is 0 Å². The largest absolute Gasteiger partial charge is 0.389 e. The highest BCUT2D eigenvalue weighted by atomic mass is 16.3. The molecule has 0 fully saturated rings. The molecule has 2 N–H and O–H groups in total. The first-order valence-electron chi connectivity index (χ1n) is 4.71. The van der Waals surface area contributed by atoms with Crippen molar-refractivity contribution < 1.29 is 9.90 Å². The molecule has 0 aromatic heterocycles. The number of amides is 1. The van der Waals surface area contributed by atoms with Gasteiger partial charge < -0.3 is 10.4 Å². The van der Waals surface area contributed by atoms with Crippen LogP contribution in [0.1, 0.15) is 31.9 Å². The highest BCUT2D eigenvalue weighted by Crippen LogP contribution is 2.16. The van der Waals surface area contributed by atoms with Crippen LogP contribution in [0.3, 0.4) is 0 Å². The van der Waals surface area contributed by atoms with Gasteiger partial charge in [-0.3, -0.25) is 4.79 Å². The molecule has 0 spiro atoms. The van der Waals surface area contributed by atoms with E-state index >= 15 is 0 Å². The molecule has 0 radical (unpaired) electrons. The van der Waals surface area contributed by atoms with Crippen LogP contribution in [0.15, 0.2) is 24.3 Å². The fourth-order valence-electron chi connectivity index (χ4n) is 1.13. The van der Waals surface area contributed by atoms with Crippen molar-refractivity contribution in [2.24, 2.45) is 0 Å². The second kappa shape index (κ2) is 4.77. The Morgan fingerprint density at radius 1 is 1.57 bits per heavy atom. The molecule has 14 heavy (non-hydrogen) atoms. The van der Waals surface area contributed by atoms with Crippen LogP contribution in [0.4, 0.5) is 5.69 Å². The molecule has 0 saturated heterocycles. The lowest BCUT2D eigenvalue weighted by molar-refractivity contribution is -0.115. The Bertz CT molecular complexity index is 321. The number of anilines is 1. The van der Waals surface area contributed by atoms with Crippen LogP contribution in [0.5, 0.6) is 0 Å². The molecule has 0 bridgehead atoms. The van der Waals surface area contributed by atoms with E-state index in [9.17, 15) is 9.90 Å². The predicted molar refractivity (Wildman–Crippen MR) is 56.0 cm³/mol. The molecule has 1 rings (SSSR count). The number of carbonyl (C=O) groups excluding carboxylic acids is 1. The first kappa shape index (κ1) is 10.7. The van der Waals surface area contributed by atoms with E-state index in [2.05, 4.69) is 5.32 Å². The van der Waals surface area contributed by atoms with Crippen molar-refractivity contribution in [2.75, 3.05) is 5.32 Å². The average molecular weight is 193 g/mol. The van der Waals surface area contributed by atoms with Crippen LogP contribution >= 0.6 is 0 Å². The van der Waals surface area contributed by atoms with Crippen LogP contribution < -0.4 is 5.32 Å². The molecular weight excluding hydrogens is 178 g/mol. The fraction of sp³-hybridized carbons (Fsp3) is 0.364. The van der Waals surface area contributed by atoms with Crippen molar-refractivity contribution in [1.29, 1.82) is 0 Å². The third kappa shape index (κ3) is 2.85. The Morgan fingerprint density at radius 3 is 2.86 bits per heavy atom. The Kier molecular flexibility index (Phi) is 3.65. The number of hydrogen-bond donors (Lipinski definition) is 2. The normalized spacial score (nSPS) is 12.2. The molecule has 1 amide bonds. The van der Waals surface area contributed by atoms with Gasteiger partial charge >= 0.3 is 0 Å².